The Morgan fingerprint density at radius 2 is 2.16 bits per heavy atom. The van der Waals surface area contributed by atoms with Crippen molar-refractivity contribution in [3.63, 3.8) is 0 Å². The van der Waals surface area contributed by atoms with Crippen LogP contribution in [0.15, 0.2) is 18.3 Å². The highest BCUT2D eigenvalue weighted by Gasteiger charge is 2.31. The second-order valence-corrected chi connectivity index (χ2v) is 5.93. The lowest BCUT2D eigenvalue weighted by Crippen LogP contribution is -2.29. The molecule has 1 aliphatic rings. The highest BCUT2D eigenvalue weighted by atomic mass is 32.2. The van der Waals surface area contributed by atoms with Crippen LogP contribution in [0.25, 0.3) is 0 Å². The van der Waals surface area contributed by atoms with Gasteiger partial charge in [-0.1, -0.05) is 6.42 Å². The second-order valence-electron chi connectivity index (χ2n) is 4.79. The minimum absolute atomic E-state index is 0.224. The number of thioether (sulfide) groups is 1. The van der Waals surface area contributed by atoms with Gasteiger partial charge in [0, 0.05) is 17.5 Å². The fourth-order valence-electron chi connectivity index (χ4n) is 2.39. The summed E-state index contributed by atoms with van der Waals surface area (Å²) in [7, 11) is 0. The van der Waals surface area contributed by atoms with Crippen molar-refractivity contribution in [2.75, 3.05) is 11.6 Å². The van der Waals surface area contributed by atoms with Crippen molar-refractivity contribution in [3.05, 3.63) is 23.9 Å². The molecule has 1 saturated carbocycles. The molecule has 1 aliphatic carbocycles. The molecule has 1 aromatic rings. The molecule has 106 valence electrons. The zero-order valence-corrected chi connectivity index (χ0v) is 11.5. The van der Waals surface area contributed by atoms with Crippen molar-refractivity contribution in [1.82, 2.24) is 4.98 Å². The van der Waals surface area contributed by atoms with Crippen molar-refractivity contribution < 1.29 is 13.2 Å². The first-order valence-corrected chi connectivity index (χ1v) is 7.60. The molecule has 19 heavy (non-hydrogen) atoms. The van der Waals surface area contributed by atoms with Crippen LogP contribution in [-0.2, 0) is 6.18 Å². The van der Waals surface area contributed by atoms with Crippen LogP contribution in [0.5, 0.6) is 0 Å². The Kier molecular flexibility index (Phi) is 4.60. The Balaban J connectivity index is 2.03. The maximum Gasteiger partial charge on any atom is 0.416 e. The molecule has 1 fully saturated rings. The molecule has 2 rings (SSSR count). The highest BCUT2D eigenvalue weighted by molar-refractivity contribution is 7.99. The van der Waals surface area contributed by atoms with E-state index in [-0.39, 0.29) is 6.04 Å². The first kappa shape index (κ1) is 14.5. The molecule has 0 aromatic carbocycles. The zero-order chi connectivity index (χ0) is 13.9. The van der Waals surface area contributed by atoms with Crippen molar-refractivity contribution in [2.45, 2.75) is 43.2 Å². The third-order valence-corrected chi connectivity index (χ3v) is 4.49. The van der Waals surface area contributed by atoms with Crippen LogP contribution in [-0.4, -0.2) is 22.5 Å². The summed E-state index contributed by atoms with van der Waals surface area (Å²) in [4.78, 5) is 3.98. The molecule has 0 amide bonds. The standard InChI is InChI=1S/C13H17F3N2S/c1-19-11-4-2-3-10(8-11)18-12-7-9(5-6-17-12)13(14,15)16/h5-7,10-11H,2-4,8H2,1H3,(H,17,18). The molecule has 0 saturated heterocycles. The molecular weight excluding hydrogens is 273 g/mol. The van der Waals surface area contributed by atoms with Crippen LogP contribution < -0.4 is 5.32 Å². The summed E-state index contributed by atoms with van der Waals surface area (Å²) in [6.45, 7) is 0. The molecule has 0 radical (unpaired) electrons. The first-order chi connectivity index (χ1) is 8.99. The third kappa shape index (κ3) is 4.03. The quantitative estimate of drug-likeness (QED) is 0.903. The number of pyridine rings is 1. The Morgan fingerprint density at radius 3 is 2.84 bits per heavy atom. The van der Waals surface area contributed by atoms with Crippen molar-refractivity contribution in [3.8, 4) is 0 Å². The lowest BCUT2D eigenvalue weighted by Gasteiger charge is -2.29. The van der Waals surface area contributed by atoms with Gasteiger partial charge in [0.1, 0.15) is 5.82 Å². The molecule has 2 unspecified atom stereocenters. The fourth-order valence-corrected chi connectivity index (χ4v) is 3.21. The van der Waals surface area contributed by atoms with Crippen LogP contribution in [0.3, 0.4) is 0 Å². The fraction of sp³-hybridized carbons (Fsp3) is 0.615. The number of halogens is 3. The van der Waals surface area contributed by atoms with E-state index in [1.54, 1.807) is 0 Å². The Bertz CT molecular complexity index is 423. The number of alkyl halides is 3. The van der Waals surface area contributed by atoms with Crippen LogP contribution >= 0.6 is 11.8 Å². The number of aromatic nitrogens is 1. The summed E-state index contributed by atoms with van der Waals surface area (Å²) >= 11 is 1.83. The predicted octanol–water partition coefficient (Wildman–Crippen LogP) is 4.19. The molecule has 6 heteroatoms. The molecule has 0 spiro atoms. The van der Waals surface area contributed by atoms with Gasteiger partial charge in [0.25, 0.3) is 0 Å². The van der Waals surface area contributed by atoms with Gasteiger partial charge in [-0.2, -0.15) is 24.9 Å². The van der Waals surface area contributed by atoms with Gasteiger partial charge in [-0.15, -0.1) is 0 Å². The number of hydrogen-bond donors (Lipinski definition) is 1. The van der Waals surface area contributed by atoms with E-state index in [0.717, 1.165) is 31.4 Å². The number of hydrogen-bond acceptors (Lipinski definition) is 3. The number of nitrogens with one attached hydrogen (secondary N) is 1. The molecule has 2 nitrogen and oxygen atoms in total. The van der Waals surface area contributed by atoms with Gasteiger partial charge < -0.3 is 5.32 Å². The van der Waals surface area contributed by atoms with Crippen molar-refractivity contribution in [1.29, 1.82) is 0 Å². The van der Waals surface area contributed by atoms with E-state index in [9.17, 15) is 13.2 Å². The Hall–Kier alpha value is -0.910. The van der Waals surface area contributed by atoms with Crippen LogP contribution in [0, 0.1) is 0 Å². The number of rotatable bonds is 3. The van der Waals surface area contributed by atoms with E-state index in [4.69, 9.17) is 0 Å². The number of nitrogens with zero attached hydrogens (tertiary/aromatic N) is 1. The van der Waals surface area contributed by atoms with E-state index in [1.165, 1.54) is 12.6 Å². The van der Waals surface area contributed by atoms with Gasteiger partial charge in [-0.3, -0.25) is 0 Å². The van der Waals surface area contributed by atoms with E-state index < -0.39 is 11.7 Å². The van der Waals surface area contributed by atoms with Gasteiger partial charge in [-0.05, 0) is 37.7 Å². The number of anilines is 1. The summed E-state index contributed by atoms with van der Waals surface area (Å²) in [6.07, 6.45) is 3.26. The topological polar surface area (TPSA) is 24.9 Å². The predicted molar refractivity (Wildman–Crippen MR) is 72.4 cm³/mol. The van der Waals surface area contributed by atoms with Crippen LogP contribution in [0.1, 0.15) is 31.2 Å². The van der Waals surface area contributed by atoms with Gasteiger partial charge >= 0.3 is 6.18 Å². The van der Waals surface area contributed by atoms with Crippen LogP contribution in [0.4, 0.5) is 19.0 Å². The largest absolute Gasteiger partial charge is 0.416 e. The lowest BCUT2D eigenvalue weighted by atomic mass is 9.95. The summed E-state index contributed by atoms with van der Waals surface area (Å²) in [6, 6.07) is 2.31. The Morgan fingerprint density at radius 1 is 1.37 bits per heavy atom. The van der Waals surface area contributed by atoms with E-state index in [2.05, 4.69) is 16.6 Å². The molecule has 2 atom stereocenters. The minimum Gasteiger partial charge on any atom is -0.367 e. The highest BCUT2D eigenvalue weighted by Crippen LogP contribution is 2.31. The molecule has 1 aromatic heterocycles. The Labute approximate surface area is 115 Å². The molecule has 1 heterocycles. The monoisotopic (exact) mass is 290 g/mol. The van der Waals surface area contributed by atoms with E-state index >= 15 is 0 Å². The van der Waals surface area contributed by atoms with E-state index in [1.807, 2.05) is 11.8 Å². The van der Waals surface area contributed by atoms with Gasteiger partial charge in [0.2, 0.25) is 0 Å². The summed E-state index contributed by atoms with van der Waals surface area (Å²) in [5, 5.41) is 3.73. The van der Waals surface area contributed by atoms with E-state index in [0.29, 0.717) is 11.1 Å². The third-order valence-electron chi connectivity index (χ3n) is 3.40. The maximum absolute atomic E-state index is 12.6. The molecular formula is C13H17F3N2S. The maximum atomic E-state index is 12.6. The molecule has 0 aliphatic heterocycles. The molecule has 1 N–H and O–H groups in total. The smallest absolute Gasteiger partial charge is 0.367 e. The SMILES string of the molecule is CSC1CCCC(Nc2cc(C(F)(F)F)ccn2)C1. The van der Waals surface area contributed by atoms with Gasteiger partial charge in [0.15, 0.2) is 0 Å². The normalized spacial score (nSPS) is 24.2. The first-order valence-electron chi connectivity index (χ1n) is 6.31. The summed E-state index contributed by atoms with van der Waals surface area (Å²) in [5.41, 5.74) is -0.651. The van der Waals surface area contributed by atoms with Gasteiger partial charge in [-0.25, -0.2) is 4.98 Å². The van der Waals surface area contributed by atoms with Crippen molar-refractivity contribution in [2.24, 2.45) is 0 Å². The average molecular weight is 290 g/mol. The van der Waals surface area contributed by atoms with Crippen LogP contribution in [0.2, 0.25) is 0 Å². The summed E-state index contributed by atoms with van der Waals surface area (Å²) in [5.74, 6) is 0.321. The van der Waals surface area contributed by atoms with Crippen molar-refractivity contribution >= 4 is 17.6 Å². The minimum atomic E-state index is -4.31. The average Bonchev–Trinajstić information content (AvgIpc) is 2.38. The summed E-state index contributed by atoms with van der Waals surface area (Å²) < 4.78 is 37.8. The van der Waals surface area contributed by atoms with Gasteiger partial charge in [0.05, 0.1) is 5.56 Å². The second kappa shape index (κ2) is 6.03. The molecule has 0 bridgehead atoms. The lowest BCUT2D eigenvalue weighted by molar-refractivity contribution is -0.137. The zero-order valence-electron chi connectivity index (χ0n) is 10.7.